The summed E-state index contributed by atoms with van der Waals surface area (Å²) in [6.45, 7) is 6.75. The number of carbonyl (C=O) groups excluding carboxylic acids is 2. The number of aryl methyl sites for hydroxylation is 3. The first-order chi connectivity index (χ1) is 13.8. The number of amides is 2. The van der Waals surface area contributed by atoms with E-state index in [1.165, 1.54) is 0 Å². The summed E-state index contributed by atoms with van der Waals surface area (Å²) in [7, 11) is 0. The Kier molecular flexibility index (Phi) is 6.93. The van der Waals surface area contributed by atoms with Crippen LogP contribution in [0.25, 0.3) is 0 Å². The highest BCUT2D eigenvalue weighted by molar-refractivity contribution is 6.31. The summed E-state index contributed by atoms with van der Waals surface area (Å²) in [6, 6.07) is 11.8. The van der Waals surface area contributed by atoms with E-state index in [-0.39, 0.29) is 11.8 Å². The van der Waals surface area contributed by atoms with Gasteiger partial charge in [-0.05, 0) is 62.4 Å². The summed E-state index contributed by atoms with van der Waals surface area (Å²) < 4.78 is 0. The Morgan fingerprint density at radius 2 is 1.69 bits per heavy atom. The Morgan fingerprint density at radius 1 is 1.00 bits per heavy atom. The second-order valence-electron chi connectivity index (χ2n) is 7.78. The molecule has 0 radical (unpaired) electrons. The lowest BCUT2D eigenvalue weighted by Gasteiger charge is -2.22. The van der Waals surface area contributed by atoms with E-state index in [9.17, 15) is 9.59 Å². The molecule has 2 amide bonds. The Hall–Kier alpha value is -2.37. The van der Waals surface area contributed by atoms with Crippen molar-refractivity contribution in [3.05, 3.63) is 58.1 Å². The molecule has 5 nitrogen and oxygen atoms in total. The van der Waals surface area contributed by atoms with Crippen LogP contribution < -0.4 is 10.6 Å². The summed E-state index contributed by atoms with van der Waals surface area (Å²) in [5.41, 5.74) is 4.64. The van der Waals surface area contributed by atoms with Crippen molar-refractivity contribution >= 4 is 34.8 Å². The SMILES string of the molecule is Cc1ccc(NC(=O)CCN(CC(=O)Nc2c(C)cccc2C)C2CC2)cc1Cl. The quantitative estimate of drug-likeness (QED) is 0.659. The van der Waals surface area contributed by atoms with Gasteiger partial charge in [-0.25, -0.2) is 0 Å². The molecule has 0 aromatic heterocycles. The number of rotatable bonds is 8. The lowest BCUT2D eigenvalue weighted by molar-refractivity contribution is -0.119. The van der Waals surface area contributed by atoms with E-state index in [0.717, 1.165) is 35.2 Å². The van der Waals surface area contributed by atoms with Gasteiger partial charge in [-0.15, -0.1) is 0 Å². The second kappa shape index (κ2) is 9.42. The molecule has 1 saturated carbocycles. The van der Waals surface area contributed by atoms with Crippen molar-refractivity contribution in [3.63, 3.8) is 0 Å². The number of carbonyl (C=O) groups is 2. The molecular formula is C23H28ClN3O2. The molecule has 29 heavy (non-hydrogen) atoms. The standard InChI is InChI=1S/C23H28ClN3O2/c1-15-7-8-18(13-20(15)24)25-21(28)11-12-27(19-9-10-19)14-22(29)26-23-16(2)5-4-6-17(23)3/h4-8,13,19H,9-12,14H2,1-3H3,(H,25,28)(H,26,29). The van der Waals surface area contributed by atoms with Crippen LogP contribution in [0.1, 0.15) is 36.0 Å². The zero-order chi connectivity index (χ0) is 21.0. The van der Waals surface area contributed by atoms with Gasteiger partial charge in [0.2, 0.25) is 11.8 Å². The summed E-state index contributed by atoms with van der Waals surface area (Å²) in [5, 5.41) is 6.55. The van der Waals surface area contributed by atoms with Crippen LogP contribution in [0.15, 0.2) is 36.4 Å². The maximum absolute atomic E-state index is 12.6. The molecule has 3 rings (SSSR count). The van der Waals surface area contributed by atoms with Crippen molar-refractivity contribution in [2.75, 3.05) is 23.7 Å². The lowest BCUT2D eigenvalue weighted by atomic mass is 10.1. The number of para-hydroxylation sites is 1. The van der Waals surface area contributed by atoms with Gasteiger partial charge in [0.15, 0.2) is 0 Å². The molecule has 0 atom stereocenters. The monoisotopic (exact) mass is 413 g/mol. The summed E-state index contributed by atoms with van der Waals surface area (Å²) in [6.07, 6.45) is 2.48. The molecule has 0 spiro atoms. The minimum absolute atomic E-state index is 0.0416. The van der Waals surface area contributed by atoms with Crippen molar-refractivity contribution in [1.82, 2.24) is 4.90 Å². The Balaban J connectivity index is 1.53. The zero-order valence-electron chi connectivity index (χ0n) is 17.2. The van der Waals surface area contributed by atoms with Crippen LogP contribution in [-0.2, 0) is 9.59 Å². The fraction of sp³-hybridized carbons (Fsp3) is 0.391. The van der Waals surface area contributed by atoms with Gasteiger partial charge in [0.05, 0.1) is 6.54 Å². The normalized spacial score (nSPS) is 13.4. The first kappa shape index (κ1) is 21.3. The van der Waals surface area contributed by atoms with Crippen molar-refractivity contribution in [2.24, 2.45) is 0 Å². The molecule has 0 saturated heterocycles. The zero-order valence-corrected chi connectivity index (χ0v) is 18.0. The van der Waals surface area contributed by atoms with Crippen LogP contribution in [0.4, 0.5) is 11.4 Å². The van der Waals surface area contributed by atoms with E-state index in [0.29, 0.717) is 36.3 Å². The van der Waals surface area contributed by atoms with E-state index >= 15 is 0 Å². The highest BCUT2D eigenvalue weighted by atomic mass is 35.5. The van der Waals surface area contributed by atoms with Crippen LogP contribution in [0.5, 0.6) is 0 Å². The molecule has 1 aliphatic rings. The molecule has 2 aromatic rings. The average molecular weight is 414 g/mol. The van der Waals surface area contributed by atoms with Gasteiger partial charge in [-0.1, -0.05) is 35.9 Å². The number of benzene rings is 2. The van der Waals surface area contributed by atoms with Gasteiger partial charge in [0.25, 0.3) is 0 Å². The molecule has 2 aromatic carbocycles. The first-order valence-electron chi connectivity index (χ1n) is 9.99. The van der Waals surface area contributed by atoms with Crippen LogP contribution in [-0.4, -0.2) is 35.8 Å². The van der Waals surface area contributed by atoms with Gasteiger partial charge in [-0.3, -0.25) is 14.5 Å². The molecule has 1 aliphatic carbocycles. The van der Waals surface area contributed by atoms with Crippen LogP contribution in [0.2, 0.25) is 5.02 Å². The lowest BCUT2D eigenvalue weighted by Crippen LogP contribution is -2.37. The van der Waals surface area contributed by atoms with Gasteiger partial charge >= 0.3 is 0 Å². The fourth-order valence-corrected chi connectivity index (χ4v) is 3.53. The van der Waals surface area contributed by atoms with Crippen LogP contribution in [0.3, 0.4) is 0 Å². The summed E-state index contributed by atoms with van der Waals surface area (Å²) >= 11 is 6.12. The molecule has 0 bridgehead atoms. The van der Waals surface area contributed by atoms with Crippen molar-refractivity contribution < 1.29 is 9.59 Å². The maximum Gasteiger partial charge on any atom is 0.238 e. The highest BCUT2D eigenvalue weighted by Crippen LogP contribution is 2.27. The summed E-state index contributed by atoms with van der Waals surface area (Å²) in [5.74, 6) is -0.120. The summed E-state index contributed by atoms with van der Waals surface area (Å²) in [4.78, 5) is 27.0. The second-order valence-corrected chi connectivity index (χ2v) is 8.19. The fourth-order valence-electron chi connectivity index (χ4n) is 3.34. The predicted octanol–water partition coefficient (Wildman–Crippen LogP) is 4.70. The molecule has 154 valence electrons. The molecule has 0 aliphatic heterocycles. The third-order valence-corrected chi connectivity index (χ3v) is 5.64. The number of nitrogens with one attached hydrogen (secondary N) is 2. The number of hydrogen-bond acceptors (Lipinski definition) is 3. The predicted molar refractivity (Wildman–Crippen MR) is 119 cm³/mol. The minimum Gasteiger partial charge on any atom is -0.326 e. The number of anilines is 2. The smallest absolute Gasteiger partial charge is 0.238 e. The molecule has 1 fully saturated rings. The van der Waals surface area contributed by atoms with E-state index in [2.05, 4.69) is 15.5 Å². The van der Waals surface area contributed by atoms with Crippen LogP contribution >= 0.6 is 11.6 Å². The van der Waals surface area contributed by atoms with E-state index in [1.807, 2.05) is 51.1 Å². The molecular weight excluding hydrogens is 386 g/mol. The Bertz CT molecular complexity index is 889. The first-order valence-corrected chi connectivity index (χ1v) is 10.4. The largest absolute Gasteiger partial charge is 0.326 e. The third kappa shape index (κ3) is 6.05. The van der Waals surface area contributed by atoms with E-state index < -0.39 is 0 Å². The Labute approximate surface area is 177 Å². The van der Waals surface area contributed by atoms with Gasteiger partial charge in [0, 0.05) is 35.4 Å². The number of hydrogen-bond donors (Lipinski definition) is 2. The molecule has 2 N–H and O–H groups in total. The van der Waals surface area contributed by atoms with Gasteiger partial charge < -0.3 is 10.6 Å². The Morgan fingerprint density at radius 3 is 2.31 bits per heavy atom. The molecule has 0 unspecified atom stereocenters. The van der Waals surface area contributed by atoms with Gasteiger partial charge in [-0.2, -0.15) is 0 Å². The molecule has 0 heterocycles. The average Bonchev–Trinajstić information content (AvgIpc) is 3.50. The highest BCUT2D eigenvalue weighted by Gasteiger charge is 2.30. The molecule has 6 heteroatoms. The van der Waals surface area contributed by atoms with E-state index in [4.69, 9.17) is 11.6 Å². The number of nitrogens with zero attached hydrogens (tertiary/aromatic N) is 1. The van der Waals surface area contributed by atoms with Crippen molar-refractivity contribution in [2.45, 2.75) is 46.1 Å². The van der Waals surface area contributed by atoms with E-state index in [1.54, 1.807) is 6.07 Å². The van der Waals surface area contributed by atoms with Crippen molar-refractivity contribution in [3.8, 4) is 0 Å². The van der Waals surface area contributed by atoms with Crippen molar-refractivity contribution in [1.29, 1.82) is 0 Å². The topological polar surface area (TPSA) is 61.4 Å². The number of halogens is 1. The van der Waals surface area contributed by atoms with Gasteiger partial charge in [0.1, 0.15) is 0 Å². The third-order valence-electron chi connectivity index (χ3n) is 5.24. The van der Waals surface area contributed by atoms with Crippen LogP contribution in [0, 0.1) is 20.8 Å². The maximum atomic E-state index is 12.6. The minimum atomic E-state index is -0.0780.